The smallest absolute Gasteiger partial charge is 0.245 e. The molecule has 0 bridgehead atoms. The molecule has 1 amide bonds. The molecular weight excluding hydrogens is 398 g/mol. The molecule has 1 saturated heterocycles. The summed E-state index contributed by atoms with van der Waals surface area (Å²) in [6, 6.07) is 8.00. The van der Waals surface area contributed by atoms with Crippen molar-refractivity contribution in [2.24, 2.45) is 0 Å². The highest BCUT2D eigenvalue weighted by molar-refractivity contribution is 6.12. The Balaban J connectivity index is 1.41. The van der Waals surface area contributed by atoms with Crippen molar-refractivity contribution in [3.05, 3.63) is 41.0 Å². The topological polar surface area (TPSA) is 66.5 Å². The average Bonchev–Trinajstić information content (AvgIpc) is 3.57. The van der Waals surface area contributed by atoms with E-state index in [1.54, 1.807) is 0 Å². The fourth-order valence-electron chi connectivity index (χ4n) is 5.59. The van der Waals surface area contributed by atoms with Crippen LogP contribution in [0, 0.1) is 0 Å². The van der Waals surface area contributed by atoms with E-state index < -0.39 is 5.41 Å². The summed E-state index contributed by atoms with van der Waals surface area (Å²) in [5, 5.41) is 0. The molecule has 1 unspecified atom stereocenters. The molecule has 7 rings (SSSR count). The third-order valence-corrected chi connectivity index (χ3v) is 7.13. The first-order chi connectivity index (χ1) is 15.2. The van der Waals surface area contributed by atoms with Crippen LogP contribution < -0.4 is 23.8 Å². The number of carbonyl (C=O) groups excluding carboxylic acids is 1. The molecule has 7 heteroatoms. The molecule has 2 aromatic carbocycles. The van der Waals surface area contributed by atoms with E-state index in [0.29, 0.717) is 37.9 Å². The molecule has 7 nitrogen and oxygen atoms in total. The lowest BCUT2D eigenvalue weighted by Gasteiger charge is -2.25. The zero-order valence-electron chi connectivity index (χ0n) is 17.1. The third kappa shape index (κ3) is 2.35. The first-order valence-corrected chi connectivity index (χ1v) is 11.0. The Labute approximate surface area is 179 Å². The van der Waals surface area contributed by atoms with Gasteiger partial charge in [0.1, 0.15) is 36.7 Å². The van der Waals surface area contributed by atoms with E-state index >= 15 is 0 Å². The number of hydrogen-bond acceptors (Lipinski definition) is 6. The minimum Gasteiger partial charge on any atom is -0.493 e. The van der Waals surface area contributed by atoms with E-state index in [4.69, 9.17) is 23.7 Å². The molecule has 31 heavy (non-hydrogen) atoms. The van der Waals surface area contributed by atoms with Crippen molar-refractivity contribution in [1.82, 2.24) is 0 Å². The van der Waals surface area contributed by atoms with Gasteiger partial charge in [0.25, 0.3) is 0 Å². The van der Waals surface area contributed by atoms with Gasteiger partial charge in [-0.15, -0.1) is 0 Å². The van der Waals surface area contributed by atoms with E-state index in [9.17, 15) is 4.79 Å². The molecule has 5 aliphatic rings. The number of benzene rings is 2. The Morgan fingerprint density at radius 2 is 1.71 bits per heavy atom. The Kier molecular flexibility index (Phi) is 3.60. The first-order valence-electron chi connectivity index (χ1n) is 11.0. The van der Waals surface area contributed by atoms with Crippen LogP contribution in [-0.4, -0.2) is 51.6 Å². The highest BCUT2D eigenvalue weighted by Gasteiger charge is 2.58. The second-order valence-corrected chi connectivity index (χ2v) is 8.81. The number of anilines is 1. The highest BCUT2D eigenvalue weighted by atomic mass is 16.6. The van der Waals surface area contributed by atoms with Crippen LogP contribution in [0.4, 0.5) is 5.69 Å². The highest BCUT2D eigenvalue weighted by Crippen LogP contribution is 2.56. The molecule has 2 aromatic rings. The van der Waals surface area contributed by atoms with Gasteiger partial charge < -0.3 is 28.6 Å². The second-order valence-electron chi connectivity index (χ2n) is 8.81. The predicted molar refractivity (Wildman–Crippen MR) is 111 cm³/mol. The maximum absolute atomic E-state index is 14.1. The molecular formula is C24H23NO6. The largest absolute Gasteiger partial charge is 0.493 e. The van der Waals surface area contributed by atoms with Crippen LogP contribution in [0.5, 0.6) is 23.0 Å². The number of carbonyl (C=O) groups is 1. The summed E-state index contributed by atoms with van der Waals surface area (Å²) < 4.78 is 29.4. The van der Waals surface area contributed by atoms with Crippen LogP contribution in [0.2, 0.25) is 0 Å². The summed E-state index contributed by atoms with van der Waals surface area (Å²) in [5.41, 5.74) is 2.98. The number of nitrogens with zero attached hydrogens (tertiary/aromatic N) is 1. The van der Waals surface area contributed by atoms with Gasteiger partial charge >= 0.3 is 0 Å². The van der Waals surface area contributed by atoms with Crippen LogP contribution in [0.25, 0.3) is 0 Å². The molecule has 5 aliphatic heterocycles. The van der Waals surface area contributed by atoms with Crippen molar-refractivity contribution < 1.29 is 28.5 Å². The minimum absolute atomic E-state index is 0.0398. The zero-order chi connectivity index (χ0) is 20.6. The van der Waals surface area contributed by atoms with Gasteiger partial charge in [0.15, 0.2) is 11.5 Å². The molecule has 2 atom stereocenters. The molecule has 0 N–H and O–H groups in total. The summed E-state index contributed by atoms with van der Waals surface area (Å²) in [6.45, 7) is 3.25. The standard InChI is InChI=1S/C24H23NO6/c26-23-24(13-31-20-11-19-14(3-5-28-19)8-17(20)24)16-9-21-22(30-7-6-29-21)10-18(16)25(23)12-15-2-1-4-27-15/h8-11,15H,1-7,12-13H2/t15-,24?/m1/s1. The molecule has 0 saturated carbocycles. The Morgan fingerprint density at radius 3 is 2.55 bits per heavy atom. The molecule has 0 aliphatic carbocycles. The number of fused-ring (bicyclic) bond motifs is 6. The summed E-state index contributed by atoms with van der Waals surface area (Å²) in [5.74, 6) is 3.01. The lowest BCUT2D eigenvalue weighted by atomic mass is 9.76. The Morgan fingerprint density at radius 1 is 0.871 bits per heavy atom. The van der Waals surface area contributed by atoms with Crippen LogP contribution >= 0.6 is 0 Å². The monoisotopic (exact) mass is 421 g/mol. The summed E-state index contributed by atoms with van der Waals surface area (Å²) in [4.78, 5) is 16.0. The molecule has 1 spiro atoms. The van der Waals surface area contributed by atoms with Crippen molar-refractivity contribution in [3.63, 3.8) is 0 Å². The fraction of sp³-hybridized carbons (Fsp3) is 0.458. The molecule has 1 fully saturated rings. The lowest BCUT2D eigenvalue weighted by molar-refractivity contribution is -0.122. The van der Waals surface area contributed by atoms with E-state index in [1.165, 1.54) is 0 Å². The van der Waals surface area contributed by atoms with Crippen LogP contribution in [-0.2, 0) is 21.4 Å². The van der Waals surface area contributed by atoms with Crippen molar-refractivity contribution >= 4 is 11.6 Å². The van der Waals surface area contributed by atoms with Crippen molar-refractivity contribution in [2.45, 2.75) is 30.8 Å². The number of rotatable bonds is 2. The van der Waals surface area contributed by atoms with Crippen molar-refractivity contribution in [2.75, 3.05) is 44.5 Å². The first kappa shape index (κ1) is 17.7. The van der Waals surface area contributed by atoms with E-state index in [0.717, 1.165) is 59.7 Å². The molecule has 0 radical (unpaired) electrons. The summed E-state index contributed by atoms with van der Waals surface area (Å²) in [6.07, 6.45) is 2.90. The number of hydrogen-bond donors (Lipinski definition) is 0. The summed E-state index contributed by atoms with van der Waals surface area (Å²) >= 11 is 0. The molecule has 5 heterocycles. The zero-order valence-corrected chi connectivity index (χ0v) is 17.1. The van der Waals surface area contributed by atoms with Crippen molar-refractivity contribution in [3.8, 4) is 23.0 Å². The van der Waals surface area contributed by atoms with Crippen LogP contribution in [0.1, 0.15) is 29.5 Å². The molecule has 160 valence electrons. The van der Waals surface area contributed by atoms with Gasteiger partial charge in [-0.25, -0.2) is 0 Å². The van der Waals surface area contributed by atoms with Gasteiger partial charge in [-0.1, -0.05) is 0 Å². The normalized spacial score (nSPS) is 27.2. The number of ether oxygens (including phenoxy) is 5. The third-order valence-electron chi connectivity index (χ3n) is 7.13. The van der Waals surface area contributed by atoms with E-state index in [1.807, 2.05) is 23.1 Å². The van der Waals surface area contributed by atoms with Crippen molar-refractivity contribution in [1.29, 1.82) is 0 Å². The predicted octanol–water partition coefficient (Wildman–Crippen LogP) is 2.60. The lowest BCUT2D eigenvalue weighted by Crippen LogP contribution is -2.45. The SMILES string of the molecule is O=C1N(C[C@H]2CCCO2)c2cc3c(cc2C12COc1cc4c(cc12)CCO4)OCCO3. The van der Waals surface area contributed by atoms with Crippen LogP contribution in [0.3, 0.4) is 0 Å². The van der Waals surface area contributed by atoms with Gasteiger partial charge in [0, 0.05) is 36.3 Å². The maximum Gasteiger partial charge on any atom is 0.245 e. The van der Waals surface area contributed by atoms with Gasteiger partial charge in [-0.3, -0.25) is 4.79 Å². The van der Waals surface area contributed by atoms with Gasteiger partial charge in [-0.2, -0.15) is 0 Å². The van der Waals surface area contributed by atoms with Gasteiger partial charge in [-0.05, 0) is 30.5 Å². The van der Waals surface area contributed by atoms with Gasteiger partial charge in [0.2, 0.25) is 5.91 Å². The average molecular weight is 421 g/mol. The van der Waals surface area contributed by atoms with E-state index in [2.05, 4.69) is 6.07 Å². The molecule has 0 aromatic heterocycles. The van der Waals surface area contributed by atoms with E-state index in [-0.39, 0.29) is 18.6 Å². The summed E-state index contributed by atoms with van der Waals surface area (Å²) in [7, 11) is 0. The number of amides is 1. The quantitative estimate of drug-likeness (QED) is 0.743. The Bertz CT molecular complexity index is 1110. The van der Waals surface area contributed by atoms with Crippen LogP contribution in [0.15, 0.2) is 24.3 Å². The minimum atomic E-state index is -0.878. The maximum atomic E-state index is 14.1. The Hall–Kier alpha value is -2.93. The van der Waals surface area contributed by atoms with Gasteiger partial charge in [0.05, 0.1) is 24.9 Å². The fourth-order valence-corrected chi connectivity index (χ4v) is 5.59. The second kappa shape index (κ2) is 6.29.